The van der Waals surface area contributed by atoms with Crippen molar-refractivity contribution in [1.82, 2.24) is 5.32 Å². The maximum atomic E-state index is 12.7. The van der Waals surface area contributed by atoms with Crippen molar-refractivity contribution in [2.75, 3.05) is 13.1 Å². The largest absolute Gasteiger partial charge is 0.304 e. The van der Waals surface area contributed by atoms with E-state index in [9.17, 15) is 4.39 Å². The molecule has 3 heteroatoms. The summed E-state index contributed by atoms with van der Waals surface area (Å²) in [5, 5.41) is 11.2. The lowest BCUT2D eigenvalue weighted by Gasteiger charge is -2.00. The van der Waals surface area contributed by atoms with Crippen molar-refractivity contribution < 1.29 is 4.39 Å². The van der Waals surface area contributed by atoms with Gasteiger partial charge in [-0.2, -0.15) is 5.26 Å². The minimum atomic E-state index is -0.210. The van der Waals surface area contributed by atoms with E-state index in [0.29, 0.717) is 13.1 Å². The monoisotopic (exact) mass is 178 g/mol. The van der Waals surface area contributed by atoms with Crippen LogP contribution in [0.4, 0.5) is 4.39 Å². The van der Waals surface area contributed by atoms with E-state index in [1.165, 1.54) is 12.1 Å². The van der Waals surface area contributed by atoms with Crippen LogP contribution < -0.4 is 5.32 Å². The smallest absolute Gasteiger partial charge is 0.123 e. The van der Waals surface area contributed by atoms with Crippen molar-refractivity contribution in [1.29, 1.82) is 5.26 Å². The fourth-order valence-corrected chi connectivity index (χ4v) is 1.07. The summed E-state index contributed by atoms with van der Waals surface area (Å²) in [4.78, 5) is 0. The van der Waals surface area contributed by atoms with Gasteiger partial charge in [0.25, 0.3) is 0 Å². The average molecular weight is 178 g/mol. The Bertz CT molecular complexity index is 304. The number of rotatable bonds is 4. The molecule has 0 saturated carbocycles. The molecule has 0 aromatic heterocycles. The third kappa shape index (κ3) is 3.68. The van der Waals surface area contributed by atoms with Gasteiger partial charge in [0.05, 0.1) is 12.6 Å². The van der Waals surface area contributed by atoms with E-state index in [-0.39, 0.29) is 5.82 Å². The minimum absolute atomic E-state index is 0.210. The number of benzene rings is 1. The van der Waals surface area contributed by atoms with Gasteiger partial charge in [-0.3, -0.25) is 0 Å². The van der Waals surface area contributed by atoms with E-state index in [2.05, 4.69) is 5.32 Å². The van der Waals surface area contributed by atoms with Crippen molar-refractivity contribution in [3.8, 4) is 6.07 Å². The van der Waals surface area contributed by atoms with E-state index >= 15 is 0 Å². The molecule has 1 N–H and O–H groups in total. The van der Waals surface area contributed by atoms with E-state index < -0.39 is 0 Å². The highest BCUT2D eigenvalue weighted by atomic mass is 19.1. The zero-order valence-electron chi connectivity index (χ0n) is 7.26. The van der Waals surface area contributed by atoms with Crippen LogP contribution in [0.15, 0.2) is 24.3 Å². The number of hydrogen-bond donors (Lipinski definition) is 1. The number of nitrogens with zero attached hydrogens (tertiary/aromatic N) is 1. The zero-order chi connectivity index (χ0) is 9.52. The molecule has 0 heterocycles. The molecule has 1 aromatic rings. The Morgan fingerprint density at radius 2 is 2.31 bits per heavy atom. The van der Waals surface area contributed by atoms with Crippen LogP contribution in [-0.4, -0.2) is 13.1 Å². The van der Waals surface area contributed by atoms with Gasteiger partial charge in [-0.1, -0.05) is 12.1 Å². The van der Waals surface area contributed by atoms with E-state index in [1.54, 1.807) is 6.07 Å². The van der Waals surface area contributed by atoms with Gasteiger partial charge in [-0.25, -0.2) is 4.39 Å². The third-order valence-corrected chi connectivity index (χ3v) is 1.68. The van der Waals surface area contributed by atoms with Gasteiger partial charge in [0.2, 0.25) is 0 Å². The summed E-state index contributed by atoms with van der Waals surface area (Å²) in [5.74, 6) is -0.210. The Balaban J connectivity index is 2.33. The van der Waals surface area contributed by atoms with Crippen LogP contribution in [0, 0.1) is 17.1 Å². The molecule has 0 radical (unpaired) electrons. The highest BCUT2D eigenvalue weighted by Gasteiger charge is 1.94. The average Bonchev–Trinajstić information content (AvgIpc) is 2.13. The molecule has 0 atom stereocenters. The molecule has 2 nitrogen and oxygen atoms in total. The fraction of sp³-hybridized carbons (Fsp3) is 0.300. The molecule has 0 bridgehead atoms. The lowest BCUT2D eigenvalue weighted by Crippen LogP contribution is -2.17. The second-order valence-corrected chi connectivity index (χ2v) is 2.71. The van der Waals surface area contributed by atoms with Gasteiger partial charge in [0.15, 0.2) is 0 Å². The Labute approximate surface area is 77.0 Å². The van der Waals surface area contributed by atoms with Crippen molar-refractivity contribution in [3.05, 3.63) is 35.6 Å². The van der Waals surface area contributed by atoms with Gasteiger partial charge in [0.1, 0.15) is 5.82 Å². The first kappa shape index (κ1) is 9.69. The molecule has 1 rings (SSSR count). The van der Waals surface area contributed by atoms with E-state index in [1.807, 2.05) is 12.1 Å². The molecule has 0 saturated heterocycles. The van der Waals surface area contributed by atoms with Gasteiger partial charge in [0, 0.05) is 6.54 Å². The molecule has 0 spiro atoms. The number of nitrogens with one attached hydrogen (secondary N) is 1. The molecule has 0 aliphatic heterocycles. The fourth-order valence-electron chi connectivity index (χ4n) is 1.07. The van der Waals surface area contributed by atoms with Crippen LogP contribution in [0.1, 0.15) is 5.56 Å². The Morgan fingerprint density at radius 3 is 3.00 bits per heavy atom. The van der Waals surface area contributed by atoms with Crippen molar-refractivity contribution in [2.45, 2.75) is 6.42 Å². The normalized spacial score (nSPS) is 9.54. The summed E-state index contributed by atoms with van der Waals surface area (Å²) in [7, 11) is 0. The summed E-state index contributed by atoms with van der Waals surface area (Å²) >= 11 is 0. The first-order chi connectivity index (χ1) is 6.33. The molecule has 68 valence electrons. The predicted molar refractivity (Wildman–Crippen MR) is 48.6 cm³/mol. The molecule has 0 aliphatic carbocycles. The first-order valence-electron chi connectivity index (χ1n) is 4.15. The van der Waals surface area contributed by atoms with E-state index in [0.717, 1.165) is 12.0 Å². The Hall–Kier alpha value is -1.40. The molecule has 0 fully saturated rings. The lowest BCUT2D eigenvalue weighted by molar-refractivity contribution is 0.624. The molecule has 0 aliphatic rings. The van der Waals surface area contributed by atoms with Crippen molar-refractivity contribution in [3.63, 3.8) is 0 Å². The molecule has 13 heavy (non-hydrogen) atoms. The predicted octanol–water partition coefficient (Wildman–Crippen LogP) is 1.48. The maximum absolute atomic E-state index is 12.7. The van der Waals surface area contributed by atoms with Gasteiger partial charge >= 0.3 is 0 Å². The third-order valence-electron chi connectivity index (χ3n) is 1.68. The summed E-state index contributed by atoms with van der Waals surface area (Å²) in [6.07, 6.45) is 0.749. The summed E-state index contributed by atoms with van der Waals surface area (Å²) in [5.41, 5.74) is 0.949. The van der Waals surface area contributed by atoms with Gasteiger partial charge < -0.3 is 5.32 Å². The van der Waals surface area contributed by atoms with Gasteiger partial charge in [-0.15, -0.1) is 0 Å². The van der Waals surface area contributed by atoms with Crippen LogP contribution >= 0.6 is 0 Å². The summed E-state index contributed by atoms with van der Waals surface area (Å²) < 4.78 is 12.7. The van der Waals surface area contributed by atoms with Crippen LogP contribution in [0.2, 0.25) is 0 Å². The second kappa shape index (κ2) is 5.28. The molecular weight excluding hydrogens is 167 g/mol. The second-order valence-electron chi connectivity index (χ2n) is 2.71. The van der Waals surface area contributed by atoms with Crippen LogP contribution in [-0.2, 0) is 6.42 Å². The first-order valence-corrected chi connectivity index (χ1v) is 4.15. The Kier molecular flexibility index (Phi) is 3.94. The number of hydrogen-bond acceptors (Lipinski definition) is 2. The minimum Gasteiger partial charge on any atom is -0.304 e. The topological polar surface area (TPSA) is 35.8 Å². The zero-order valence-corrected chi connectivity index (χ0v) is 7.26. The van der Waals surface area contributed by atoms with Crippen molar-refractivity contribution >= 4 is 0 Å². The highest BCUT2D eigenvalue weighted by Crippen LogP contribution is 2.03. The molecule has 0 unspecified atom stereocenters. The van der Waals surface area contributed by atoms with Crippen LogP contribution in [0.5, 0.6) is 0 Å². The molecule has 0 amide bonds. The van der Waals surface area contributed by atoms with Crippen molar-refractivity contribution in [2.24, 2.45) is 0 Å². The number of halogens is 1. The van der Waals surface area contributed by atoms with Crippen LogP contribution in [0.25, 0.3) is 0 Å². The van der Waals surface area contributed by atoms with Gasteiger partial charge in [-0.05, 0) is 24.1 Å². The Morgan fingerprint density at radius 1 is 1.46 bits per heavy atom. The maximum Gasteiger partial charge on any atom is 0.123 e. The summed E-state index contributed by atoms with van der Waals surface area (Å²) in [6, 6.07) is 8.47. The standard InChI is InChI=1S/C10H11FN2/c11-10-3-1-2-9(8-10)4-6-13-7-5-12/h1-3,8,13H,4,6-7H2. The van der Waals surface area contributed by atoms with E-state index in [4.69, 9.17) is 5.26 Å². The highest BCUT2D eigenvalue weighted by molar-refractivity contribution is 5.16. The lowest BCUT2D eigenvalue weighted by atomic mass is 10.1. The summed E-state index contributed by atoms with van der Waals surface area (Å²) in [6.45, 7) is 1.05. The molecular formula is C10H11FN2. The van der Waals surface area contributed by atoms with Crippen LogP contribution in [0.3, 0.4) is 0 Å². The molecule has 1 aromatic carbocycles. The SMILES string of the molecule is N#CCNCCc1cccc(F)c1. The quantitative estimate of drug-likeness (QED) is 0.560. The number of nitriles is 1.